The number of ketones is 2. The van der Waals surface area contributed by atoms with Crippen LogP contribution in [-0.2, 0) is 14.4 Å². The van der Waals surface area contributed by atoms with Crippen LogP contribution in [0.3, 0.4) is 0 Å². The van der Waals surface area contributed by atoms with Gasteiger partial charge in [0.2, 0.25) is 5.91 Å². The first-order valence-corrected chi connectivity index (χ1v) is 18.2. The number of amides is 2. The molecule has 2 amide bonds. The number of aromatic hydroxyl groups is 1. The summed E-state index contributed by atoms with van der Waals surface area (Å²) >= 11 is 0. The second-order valence-electron chi connectivity index (χ2n) is 11.2. The lowest BCUT2D eigenvalue weighted by molar-refractivity contribution is -0.122. The second-order valence-corrected chi connectivity index (χ2v) is 13.9. The molecule has 3 N–H and O–H groups in total. The number of carbonyl (C=O) groups is 4. The number of nitrogens with one attached hydrogen (secondary N) is 2. The molecule has 3 rings (SSSR count). The van der Waals surface area contributed by atoms with Gasteiger partial charge in [0, 0.05) is 43.6 Å². The van der Waals surface area contributed by atoms with E-state index in [1.165, 1.54) is 51.0 Å². The van der Waals surface area contributed by atoms with Crippen LogP contribution in [0.5, 0.6) is 23.0 Å². The summed E-state index contributed by atoms with van der Waals surface area (Å²) in [6, 6.07) is 9.49. The molecule has 0 aliphatic carbocycles. The van der Waals surface area contributed by atoms with Crippen LogP contribution < -0.4 is 24.8 Å². The minimum atomic E-state index is -0.639. The van der Waals surface area contributed by atoms with Crippen molar-refractivity contribution in [1.29, 1.82) is 0 Å². The first kappa shape index (κ1) is 38.5. The molecule has 2 aromatic carbocycles. The third-order valence-electron chi connectivity index (χ3n) is 7.35. The van der Waals surface area contributed by atoms with Crippen molar-refractivity contribution < 1.29 is 38.5 Å². The largest absolute Gasteiger partial charge is 0.504 e. The van der Waals surface area contributed by atoms with Crippen molar-refractivity contribution >= 4 is 57.3 Å². The molecule has 13 heteroatoms. The summed E-state index contributed by atoms with van der Waals surface area (Å²) in [5, 5.41) is 16.1. The smallest absolute Gasteiger partial charge is 0.412 e. The molecule has 0 saturated carbocycles. The van der Waals surface area contributed by atoms with Crippen molar-refractivity contribution in [2.24, 2.45) is 0 Å². The van der Waals surface area contributed by atoms with E-state index in [1.807, 2.05) is 33.5 Å². The molecule has 1 saturated heterocycles. The zero-order valence-electron chi connectivity index (χ0n) is 27.7. The molecular formula is C35H45N3O8S2. The number of ether oxygens (including phenoxy) is 3. The number of hydrogen-bond acceptors (Lipinski definition) is 11. The van der Waals surface area contributed by atoms with Gasteiger partial charge in [0.25, 0.3) is 0 Å². The van der Waals surface area contributed by atoms with Gasteiger partial charge in [-0.15, -0.1) is 0 Å². The van der Waals surface area contributed by atoms with E-state index in [0.717, 1.165) is 18.1 Å². The Labute approximate surface area is 290 Å². The lowest BCUT2D eigenvalue weighted by Crippen LogP contribution is -2.38. The molecule has 0 unspecified atom stereocenters. The molecule has 1 aliphatic heterocycles. The van der Waals surface area contributed by atoms with Crippen LogP contribution in [0.4, 0.5) is 4.79 Å². The normalized spacial score (nSPS) is 14.4. The molecule has 11 nitrogen and oxygen atoms in total. The summed E-state index contributed by atoms with van der Waals surface area (Å²) in [6.45, 7) is 2.12. The summed E-state index contributed by atoms with van der Waals surface area (Å²) in [5.41, 5.74) is 1.26. The molecule has 0 radical (unpaired) electrons. The number of carbonyl (C=O) groups excluding carboxylic acids is 4. The molecule has 0 spiro atoms. The lowest BCUT2D eigenvalue weighted by Gasteiger charge is -2.17. The molecule has 1 fully saturated rings. The number of phenolic OH excluding ortho intramolecular Hbond substituents is 1. The quantitative estimate of drug-likeness (QED) is 0.0696. The highest BCUT2D eigenvalue weighted by atomic mass is 33.1. The van der Waals surface area contributed by atoms with Crippen molar-refractivity contribution in [1.82, 2.24) is 15.5 Å². The summed E-state index contributed by atoms with van der Waals surface area (Å²) in [6.07, 6.45) is 9.76. The number of allylic oxidation sites excluding steroid dienone is 2. The number of rotatable bonds is 20. The van der Waals surface area contributed by atoms with Gasteiger partial charge < -0.3 is 34.9 Å². The van der Waals surface area contributed by atoms with Gasteiger partial charge in [-0.2, -0.15) is 0 Å². The van der Waals surface area contributed by atoms with E-state index in [9.17, 15) is 24.3 Å². The average Bonchev–Trinajstić information content (AvgIpc) is 3.59. The van der Waals surface area contributed by atoms with Crippen molar-refractivity contribution in [3.05, 3.63) is 59.7 Å². The predicted molar refractivity (Wildman–Crippen MR) is 192 cm³/mol. The Morgan fingerprint density at radius 1 is 0.896 bits per heavy atom. The SMILES string of the molecule is COc1cc(/C=C/C(=O)CC(=O)/C=C/c2ccc(OC(=O)NCCN(C)CCNC(=O)CCCC[C@H]3CCSS3)c(OC)c2)ccc1O. The molecule has 1 aliphatic rings. The van der Waals surface area contributed by atoms with Crippen LogP contribution >= 0.6 is 21.6 Å². The first-order chi connectivity index (χ1) is 23.2. The van der Waals surface area contributed by atoms with Crippen LogP contribution in [-0.4, -0.2) is 92.0 Å². The van der Waals surface area contributed by atoms with E-state index >= 15 is 0 Å². The third kappa shape index (κ3) is 14.4. The number of benzene rings is 2. The molecule has 48 heavy (non-hydrogen) atoms. The number of phenols is 1. The monoisotopic (exact) mass is 699 g/mol. The Balaban J connectivity index is 1.33. The minimum absolute atomic E-state index is 0.0106. The van der Waals surface area contributed by atoms with Gasteiger partial charge in [-0.05, 0) is 73.9 Å². The Bertz CT molecular complexity index is 1440. The van der Waals surface area contributed by atoms with Crippen LogP contribution in [0.2, 0.25) is 0 Å². The maximum Gasteiger partial charge on any atom is 0.412 e. The van der Waals surface area contributed by atoms with E-state index in [1.54, 1.807) is 42.5 Å². The highest BCUT2D eigenvalue weighted by Gasteiger charge is 2.16. The molecule has 260 valence electrons. The minimum Gasteiger partial charge on any atom is -0.504 e. The maximum absolute atomic E-state index is 12.4. The van der Waals surface area contributed by atoms with Crippen LogP contribution in [0.25, 0.3) is 12.2 Å². The fraction of sp³-hybridized carbons (Fsp3) is 0.429. The zero-order valence-corrected chi connectivity index (χ0v) is 29.3. The van der Waals surface area contributed by atoms with Crippen molar-refractivity contribution in [2.45, 2.75) is 43.8 Å². The van der Waals surface area contributed by atoms with Gasteiger partial charge in [0.1, 0.15) is 0 Å². The summed E-state index contributed by atoms with van der Waals surface area (Å²) in [7, 11) is 8.71. The fourth-order valence-electron chi connectivity index (χ4n) is 4.63. The molecule has 0 aromatic heterocycles. The Kier molecular flexibility index (Phi) is 16.9. The maximum atomic E-state index is 12.4. The Hall–Kier alpha value is -3.94. The Morgan fingerprint density at radius 3 is 2.19 bits per heavy atom. The van der Waals surface area contributed by atoms with E-state index in [2.05, 4.69) is 10.6 Å². The third-order valence-corrected chi connectivity index (χ3v) is 10.4. The number of nitrogens with zero attached hydrogens (tertiary/aromatic N) is 1. The van der Waals surface area contributed by atoms with Gasteiger partial charge in [-0.1, -0.05) is 52.3 Å². The highest BCUT2D eigenvalue weighted by molar-refractivity contribution is 8.77. The van der Waals surface area contributed by atoms with E-state index in [-0.39, 0.29) is 41.1 Å². The predicted octanol–water partition coefficient (Wildman–Crippen LogP) is 5.51. The molecule has 0 bridgehead atoms. The molecular weight excluding hydrogens is 655 g/mol. The molecule has 2 aromatic rings. The fourth-order valence-corrected chi connectivity index (χ4v) is 7.66. The molecule has 1 atom stereocenters. The standard InChI is InChI=1S/C35H45N3O8S2/c1-38(19-17-36-34(42)7-5-4-6-29-16-21-47-48-29)20-18-37-35(43)46-31-15-11-26(23-33(31)45-3)9-13-28(40)24-27(39)12-8-25-10-14-30(41)32(22-25)44-2/h8-15,22-23,29,41H,4-7,16-21,24H2,1-3H3,(H,36,42)(H,37,43)/b12-8+,13-9+/t29-/m0/s1. The summed E-state index contributed by atoms with van der Waals surface area (Å²) in [5.74, 6) is 1.33. The van der Waals surface area contributed by atoms with Crippen molar-refractivity contribution in [3.63, 3.8) is 0 Å². The van der Waals surface area contributed by atoms with E-state index < -0.39 is 6.09 Å². The number of hydrogen-bond donors (Lipinski definition) is 3. The van der Waals surface area contributed by atoms with Gasteiger partial charge >= 0.3 is 6.09 Å². The topological polar surface area (TPSA) is 144 Å². The van der Waals surface area contributed by atoms with Gasteiger partial charge in [0.05, 0.1) is 20.6 Å². The Morgan fingerprint density at radius 2 is 1.54 bits per heavy atom. The molecule has 1 heterocycles. The van der Waals surface area contributed by atoms with Gasteiger partial charge in [-0.3, -0.25) is 14.4 Å². The number of methoxy groups -OCH3 is 2. The second kappa shape index (κ2) is 21.1. The van der Waals surface area contributed by atoms with Crippen LogP contribution in [0, 0.1) is 0 Å². The van der Waals surface area contributed by atoms with Crippen LogP contribution in [0.15, 0.2) is 48.6 Å². The van der Waals surface area contributed by atoms with E-state index in [4.69, 9.17) is 14.2 Å². The number of unbranched alkanes of at least 4 members (excludes halogenated alkanes) is 1. The van der Waals surface area contributed by atoms with E-state index in [0.29, 0.717) is 49.5 Å². The number of likely N-dealkylation sites (N-methyl/N-ethyl adjacent to an activating group) is 1. The van der Waals surface area contributed by atoms with Crippen molar-refractivity contribution in [3.8, 4) is 23.0 Å². The van der Waals surface area contributed by atoms with Crippen LogP contribution in [0.1, 0.15) is 49.7 Å². The summed E-state index contributed by atoms with van der Waals surface area (Å²) in [4.78, 5) is 51.1. The zero-order chi connectivity index (χ0) is 34.7. The van der Waals surface area contributed by atoms with Gasteiger partial charge in [-0.25, -0.2) is 4.79 Å². The summed E-state index contributed by atoms with van der Waals surface area (Å²) < 4.78 is 15.8. The first-order valence-electron chi connectivity index (χ1n) is 15.8. The average molecular weight is 700 g/mol. The highest BCUT2D eigenvalue weighted by Crippen LogP contribution is 2.40. The lowest BCUT2D eigenvalue weighted by atomic mass is 10.1. The van der Waals surface area contributed by atoms with Gasteiger partial charge in [0.15, 0.2) is 34.6 Å². The van der Waals surface area contributed by atoms with Crippen molar-refractivity contribution in [2.75, 3.05) is 53.2 Å².